The Labute approximate surface area is 214 Å². The summed E-state index contributed by atoms with van der Waals surface area (Å²) in [6.45, 7) is 5.50. The van der Waals surface area contributed by atoms with Crippen molar-refractivity contribution in [2.45, 2.75) is 26.8 Å². The Bertz CT molecular complexity index is 1370. The number of hydrogen-bond acceptors (Lipinski definition) is 7. The number of aliphatic hydroxyl groups excluding tert-OH is 1. The van der Waals surface area contributed by atoms with Gasteiger partial charge in [-0.2, -0.15) is 0 Å². The minimum absolute atomic E-state index is 0.0513. The number of amides is 1. The summed E-state index contributed by atoms with van der Waals surface area (Å²) < 4.78 is 15.9. The molecule has 0 radical (unpaired) electrons. The Hall–Kier alpha value is -4.59. The lowest BCUT2D eigenvalue weighted by molar-refractivity contribution is -0.132. The second-order valence-electron chi connectivity index (χ2n) is 8.44. The van der Waals surface area contributed by atoms with Crippen molar-refractivity contribution in [3.8, 4) is 17.2 Å². The number of carbonyl (C=O) groups excluding carboxylic acids is 3. The third-order valence-electron chi connectivity index (χ3n) is 6.00. The first-order valence-corrected chi connectivity index (χ1v) is 11.7. The number of esters is 1. The summed E-state index contributed by atoms with van der Waals surface area (Å²) in [6, 6.07) is 17.3. The zero-order valence-corrected chi connectivity index (χ0v) is 21.0. The number of Topliss-reactive ketones (excluding diaryl/α,β-unsaturated/α-hetero) is 1. The van der Waals surface area contributed by atoms with E-state index in [-0.39, 0.29) is 11.3 Å². The average Bonchev–Trinajstić information content (AvgIpc) is 3.15. The molecule has 3 aromatic rings. The first kappa shape index (κ1) is 25.5. The molecule has 0 aromatic heterocycles. The maximum Gasteiger partial charge on any atom is 0.308 e. The predicted molar refractivity (Wildman–Crippen MR) is 138 cm³/mol. The van der Waals surface area contributed by atoms with E-state index in [1.165, 1.54) is 18.9 Å². The molecular weight excluding hydrogens is 474 g/mol. The van der Waals surface area contributed by atoms with Crippen LogP contribution in [0.1, 0.15) is 36.6 Å². The lowest BCUT2D eigenvalue weighted by atomic mass is 9.94. The van der Waals surface area contributed by atoms with Crippen LogP contribution in [0.2, 0.25) is 0 Å². The van der Waals surface area contributed by atoms with Gasteiger partial charge in [-0.15, -0.1) is 0 Å². The lowest BCUT2D eigenvalue weighted by Crippen LogP contribution is -2.29. The van der Waals surface area contributed by atoms with Crippen molar-refractivity contribution in [3.05, 3.63) is 89.0 Å². The van der Waals surface area contributed by atoms with Crippen LogP contribution in [-0.2, 0) is 14.4 Å². The minimum Gasteiger partial charge on any atom is -0.507 e. The highest BCUT2D eigenvalue weighted by molar-refractivity contribution is 6.51. The molecular formula is C29H27NO7. The first-order chi connectivity index (χ1) is 17.7. The van der Waals surface area contributed by atoms with Crippen LogP contribution in [0.5, 0.6) is 17.2 Å². The molecule has 190 valence electrons. The fourth-order valence-corrected chi connectivity index (χ4v) is 4.31. The van der Waals surface area contributed by atoms with Crippen molar-refractivity contribution in [1.82, 2.24) is 0 Å². The highest BCUT2D eigenvalue weighted by Gasteiger charge is 2.47. The second kappa shape index (κ2) is 10.6. The molecule has 1 saturated heterocycles. The van der Waals surface area contributed by atoms with E-state index in [0.717, 1.165) is 5.56 Å². The monoisotopic (exact) mass is 501 g/mol. The van der Waals surface area contributed by atoms with Gasteiger partial charge in [-0.05, 0) is 79.6 Å². The quantitative estimate of drug-likeness (QED) is 0.161. The number of aryl methyl sites for hydroxylation is 1. The van der Waals surface area contributed by atoms with Crippen molar-refractivity contribution in [3.63, 3.8) is 0 Å². The fourth-order valence-electron chi connectivity index (χ4n) is 4.31. The SMILES string of the molecule is CCOc1ccc(/C(O)=C2/C(=O)C(=O)N(c3ccc(OC)cc3)C2c2ccc(OC(C)=O)cc2)cc1C. The van der Waals surface area contributed by atoms with Gasteiger partial charge in [-0.3, -0.25) is 19.3 Å². The largest absolute Gasteiger partial charge is 0.507 e. The number of anilines is 1. The molecule has 8 nitrogen and oxygen atoms in total. The molecule has 1 N–H and O–H groups in total. The third kappa shape index (κ3) is 5.04. The molecule has 1 atom stereocenters. The number of ether oxygens (including phenoxy) is 3. The number of methoxy groups -OCH3 is 1. The second-order valence-corrected chi connectivity index (χ2v) is 8.44. The summed E-state index contributed by atoms with van der Waals surface area (Å²) in [6.07, 6.45) is 0. The third-order valence-corrected chi connectivity index (χ3v) is 6.00. The predicted octanol–water partition coefficient (Wildman–Crippen LogP) is 4.95. The van der Waals surface area contributed by atoms with E-state index < -0.39 is 23.7 Å². The van der Waals surface area contributed by atoms with Gasteiger partial charge in [0, 0.05) is 18.2 Å². The summed E-state index contributed by atoms with van der Waals surface area (Å²) in [5.74, 6) is -0.780. The van der Waals surface area contributed by atoms with Gasteiger partial charge in [0.05, 0.1) is 25.3 Å². The van der Waals surface area contributed by atoms with Crippen molar-refractivity contribution >= 4 is 29.1 Å². The Morgan fingerprint density at radius 3 is 2.19 bits per heavy atom. The van der Waals surface area contributed by atoms with E-state index in [0.29, 0.717) is 40.7 Å². The first-order valence-electron chi connectivity index (χ1n) is 11.7. The molecule has 4 rings (SSSR count). The molecule has 1 amide bonds. The molecule has 1 fully saturated rings. The molecule has 0 bridgehead atoms. The molecule has 37 heavy (non-hydrogen) atoms. The number of nitrogens with zero attached hydrogens (tertiary/aromatic N) is 1. The molecule has 0 spiro atoms. The number of carbonyl (C=O) groups is 3. The van der Waals surface area contributed by atoms with Gasteiger partial charge >= 0.3 is 5.97 Å². The van der Waals surface area contributed by atoms with Gasteiger partial charge in [0.25, 0.3) is 11.7 Å². The van der Waals surface area contributed by atoms with E-state index in [2.05, 4.69) is 0 Å². The van der Waals surface area contributed by atoms with Gasteiger partial charge in [0.2, 0.25) is 0 Å². The van der Waals surface area contributed by atoms with Crippen LogP contribution in [0.15, 0.2) is 72.3 Å². The highest BCUT2D eigenvalue weighted by atomic mass is 16.5. The molecule has 8 heteroatoms. The lowest BCUT2D eigenvalue weighted by Gasteiger charge is -2.25. The van der Waals surface area contributed by atoms with Crippen molar-refractivity contribution in [2.24, 2.45) is 0 Å². The fraction of sp³-hybridized carbons (Fsp3) is 0.207. The van der Waals surface area contributed by atoms with Crippen LogP contribution in [0, 0.1) is 6.92 Å². The van der Waals surface area contributed by atoms with E-state index in [1.807, 2.05) is 13.8 Å². The van der Waals surface area contributed by atoms with Gasteiger partial charge < -0.3 is 19.3 Å². The van der Waals surface area contributed by atoms with Gasteiger partial charge in [0.15, 0.2) is 0 Å². The summed E-state index contributed by atoms with van der Waals surface area (Å²) in [4.78, 5) is 39.4. The maximum absolute atomic E-state index is 13.3. The maximum atomic E-state index is 13.3. The van der Waals surface area contributed by atoms with E-state index in [4.69, 9.17) is 14.2 Å². The van der Waals surface area contributed by atoms with Crippen LogP contribution in [0.3, 0.4) is 0 Å². The highest BCUT2D eigenvalue weighted by Crippen LogP contribution is 2.43. The van der Waals surface area contributed by atoms with E-state index in [1.54, 1.807) is 66.7 Å². The normalized spacial score (nSPS) is 16.5. The van der Waals surface area contributed by atoms with Crippen LogP contribution >= 0.6 is 0 Å². The summed E-state index contributed by atoms with van der Waals surface area (Å²) in [5, 5.41) is 11.4. The standard InChI is InChI=1S/C29H27NO7/c1-5-36-24-15-8-20(16-17(24)2)27(32)25-26(19-6-11-23(12-7-19)37-18(3)31)30(29(34)28(25)33)21-9-13-22(35-4)14-10-21/h6-16,26,32H,5H2,1-4H3/b27-25-. The molecule has 1 aliphatic heterocycles. The molecule has 1 unspecified atom stereocenters. The van der Waals surface area contributed by atoms with Gasteiger partial charge in [0.1, 0.15) is 23.0 Å². The van der Waals surface area contributed by atoms with Gasteiger partial charge in [-0.1, -0.05) is 12.1 Å². The minimum atomic E-state index is -0.924. The van der Waals surface area contributed by atoms with Crippen LogP contribution in [0.25, 0.3) is 5.76 Å². The number of benzene rings is 3. The topological polar surface area (TPSA) is 102 Å². The number of hydrogen-bond donors (Lipinski definition) is 1. The molecule has 0 saturated carbocycles. The summed E-state index contributed by atoms with van der Waals surface area (Å²) in [7, 11) is 1.53. The molecule has 1 heterocycles. The van der Waals surface area contributed by atoms with Crippen molar-refractivity contribution < 1.29 is 33.7 Å². The molecule has 3 aromatic carbocycles. The van der Waals surface area contributed by atoms with Crippen molar-refractivity contribution in [2.75, 3.05) is 18.6 Å². The molecule has 0 aliphatic carbocycles. The number of aliphatic hydroxyl groups is 1. The summed E-state index contributed by atoms with van der Waals surface area (Å²) in [5.41, 5.74) is 2.12. The average molecular weight is 502 g/mol. The Morgan fingerprint density at radius 2 is 1.62 bits per heavy atom. The Balaban J connectivity index is 1.87. The zero-order chi connectivity index (χ0) is 26.7. The van der Waals surface area contributed by atoms with E-state index in [9.17, 15) is 19.5 Å². The van der Waals surface area contributed by atoms with Crippen molar-refractivity contribution in [1.29, 1.82) is 0 Å². The van der Waals surface area contributed by atoms with Crippen LogP contribution in [-0.4, -0.2) is 36.5 Å². The van der Waals surface area contributed by atoms with Gasteiger partial charge in [-0.25, -0.2) is 0 Å². The Kier molecular flexibility index (Phi) is 7.29. The number of rotatable bonds is 7. The summed E-state index contributed by atoms with van der Waals surface area (Å²) >= 11 is 0. The smallest absolute Gasteiger partial charge is 0.308 e. The number of ketones is 1. The zero-order valence-electron chi connectivity index (χ0n) is 21.0. The Morgan fingerprint density at radius 1 is 0.973 bits per heavy atom. The van der Waals surface area contributed by atoms with E-state index >= 15 is 0 Å². The van der Waals surface area contributed by atoms with Crippen LogP contribution in [0.4, 0.5) is 5.69 Å². The molecule has 1 aliphatic rings. The van der Waals surface area contributed by atoms with Crippen LogP contribution < -0.4 is 19.1 Å².